The molecule has 1 unspecified atom stereocenters. The van der Waals surface area contributed by atoms with Gasteiger partial charge >= 0.3 is 0 Å². The third-order valence-corrected chi connectivity index (χ3v) is 4.43. The topological polar surface area (TPSA) is 28.5 Å². The number of carbonyl (C=O) groups excluding carboxylic acids is 1. The number of aryl methyl sites for hydroxylation is 1. The molecule has 4 nitrogen and oxygen atoms in total. The Balaban J connectivity index is 1.52. The van der Waals surface area contributed by atoms with Crippen molar-refractivity contribution in [3.05, 3.63) is 24.0 Å². The van der Waals surface area contributed by atoms with E-state index in [1.807, 2.05) is 30.1 Å². The van der Waals surface area contributed by atoms with Gasteiger partial charge in [0.2, 0.25) is 0 Å². The van der Waals surface area contributed by atoms with Crippen LogP contribution >= 0.6 is 0 Å². The van der Waals surface area contributed by atoms with E-state index in [1.54, 1.807) is 0 Å². The predicted octanol–water partition coefficient (Wildman–Crippen LogP) is 1.38. The lowest BCUT2D eigenvalue weighted by atomic mass is 10.2. The van der Waals surface area contributed by atoms with E-state index in [0.29, 0.717) is 12.6 Å². The molecule has 2 aliphatic heterocycles. The summed E-state index contributed by atoms with van der Waals surface area (Å²) in [6.07, 6.45) is 7.77. The number of rotatable bonds is 4. The van der Waals surface area contributed by atoms with Crippen molar-refractivity contribution in [3.8, 4) is 0 Å². The highest BCUT2D eigenvalue weighted by Crippen LogP contribution is 2.20. The Morgan fingerprint density at radius 1 is 1.32 bits per heavy atom. The number of ketones is 1. The normalized spacial score (nSPS) is 25.2. The minimum Gasteiger partial charge on any atom is -0.357 e. The Labute approximate surface area is 115 Å². The van der Waals surface area contributed by atoms with Crippen molar-refractivity contribution in [1.82, 2.24) is 14.4 Å². The zero-order valence-electron chi connectivity index (χ0n) is 11.7. The first-order valence-corrected chi connectivity index (χ1v) is 7.34. The molecule has 1 atom stereocenters. The van der Waals surface area contributed by atoms with Crippen LogP contribution in [-0.4, -0.2) is 58.9 Å². The van der Waals surface area contributed by atoms with Gasteiger partial charge in [0.1, 0.15) is 0 Å². The summed E-state index contributed by atoms with van der Waals surface area (Å²) in [5, 5.41) is 0. The van der Waals surface area contributed by atoms with Crippen LogP contribution in [0.5, 0.6) is 0 Å². The summed E-state index contributed by atoms with van der Waals surface area (Å²) in [6.45, 7) is 5.23. The molecule has 4 heteroatoms. The molecule has 2 saturated heterocycles. The second-order valence-electron chi connectivity index (χ2n) is 5.91. The Bertz CT molecular complexity index is 448. The number of aromatic nitrogens is 1. The Morgan fingerprint density at radius 3 is 2.79 bits per heavy atom. The molecule has 0 N–H and O–H groups in total. The van der Waals surface area contributed by atoms with Gasteiger partial charge in [-0.15, -0.1) is 0 Å². The smallest absolute Gasteiger partial charge is 0.178 e. The minimum absolute atomic E-state index is 0.252. The predicted molar refractivity (Wildman–Crippen MR) is 75.4 cm³/mol. The molecule has 19 heavy (non-hydrogen) atoms. The number of hydrogen-bond acceptors (Lipinski definition) is 3. The van der Waals surface area contributed by atoms with Crippen LogP contribution in [-0.2, 0) is 7.05 Å². The summed E-state index contributed by atoms with van der Waals surface area (Å²) in [5.41, 5.74) is 0.840. The van der Waals surface area contributed by atoms with E-state index in [4.69, 9.17) is 0 Å². The maximum Gasteiger partial charge on any atom is 0.178 e. The maximum absolute atomic E-state index is 12.2. The standard InChI is InChI=1S/C15H23N3O/c1-16-8-4-13(10-16)15(19)12-17-9-5-14(11-17)18-6-2-3-7-18/h4,8,10,14H,2-3,5-7,9,11-12H2,1H3. The molecule has 0 aliphatic carbocycles. The Morgan fingerprint density at radius 2 is 2.11 bits per heavy atom. The summed E-state index contributed by atoms with van der Waals surface area (Å²) in [4.78, 5) is 17.1. The average Bonchev–Trinajstić information content (AvgIpc) is 3.07. The lowest BCUT2D eigenvalue weighted by Crippen LogP contribution is -2.36. The first-order valence-electron chi connectivity index (χ1n) is 7.34. The second kappa shape index (κ2) is 5.47. The molecule has 3 heterocycles. The number of nitrogens with zero attached hydrogens (tertiary/aromatic N) is 3. The van der Waals surface area contributed by atoms with Crippen LogP contribution in [0, 0.1) is 0 Å². The van der Waals surface area contributed by atoms with E-state index < -0.39 is 0 Å². The van der Waals surface area contributed by atoms with Gasteiger partial charge in [-0.2, -0.15) is 0 Å². The molecule has 1 aromatic rings. The first-order chi connectivity index (χ1) is 9.22. The van der Waals surface area contributed by atoms with Gasteiger partial charge < -0.3 is 4.57 Å². The van der Waals surface area contributed by atoms with Crippen LogP contribution < -0.4 is 0 Å². The SMILES string of the molecule is Cn1ccc(C(=O)CN2CCC(N3CCCC3)C2)c1. The Hall–Kier alpha value is -1.13. The largest absolute Gasteiger partial charge is 0.357 e. The molecule has 0 radical (unpaired) electrons. The minimum atomic E-state index is 0.252. The molecule has 2 aliphatic rings. The molecule has 0 spiro atoms. The van der Waals surface area contributed by atoms with Crippen LogP contribution in [0.15, 0.2) is 18.5 Å². The third kappa shape index (κ3) is 2.90. The highest BCUT2D eigenvalue weighted by atomic mass is 16.1. The van der Waals surface area contributed by atoms with Gasteiger partial charge in [0.15, 0.2) is 5.78 Å². The number of likely N-dealkylation sites (tertiary alicyclic amines) is 2. The van der Waals surface area contributed by atoms with Crippen LogP contribution in [0.25, 0.3) is 0 Å². The van der Waals surface area contributed by atoms with Gasteiger partial charge in [-0.1, -0.05) is 0 Å². The van der Waals surface area contributed by atoms with Crippen LogP contribution in [0.1, 0.15) is 29.6 Å². The molecule has 0 aromatic carbocycles. The first kappa shape index (κ1) is 12.9. The van der Waals surface area contributed by atoms with Crippen molar-refractivity contribution >= 4 is 5.78 Å². The Kier molecular flexibility index (Phi) is 3.71. The van der Waals surface area contributed by atoms with Gasteiger partial charge in [-0.3, -0.25) is 14.6 Å². The lowest BCUT2D eigenvalue weighted by Gasteiger charge is -2.23. The van der Waals surface area contributed by atoms with Crippen LogP contribution in [0.2, 0.25) is 0 Å². The fourth-order valence-corrected chi connectivity index (χ4v) is 3.32. The van der Waals surface area contributed by atoms with Gasteiger partial charge in [-0.05, 0) is 38.4 Å². The van der Waals surface area contributed by atoms with Crippen molar-refractivity contribution < 1.29 is 4.79 Å². The van der Waals surface area contributed by atoms with Gasteiger partial charge in [0.25, 0.3) is 0 Å². The third-order valence-electron chi connectivity index (χ3n) is 4.43. The molecule has 104 valence electrons. The van der Waals surface area contributed by atoms with E-state index >= 15 is 0 Å². The number of hydrogen-bond donors (Lipinski definition) is 0. The van der Waals surface area contributed by atoms with E-state index in [9.17, 15) is 4.79 Å². The van der Waals surface area contributed by atoms with Gasteiger partial charge in [0, 0.05) is 44.1 Å². The van der Waals surface area contributed by atoms with Gasteiger partial charge in [0.05, 0.1) is 6.54 Å². The summed E-state index contributed by atoms with van der Waals surface area (Å²) in [6, 6.07) is 2.60. The molecular weight excluding hydrogens is 238 g/mol. The zero-order chi connectivity index (χ0) is 13.2. The quantitative estimate of drug-likeness (QED) is 0.767. The van der Waals surface area contributed by atoms with Crippen molar-refractivity contribution in [1.29, 1.82) is 0 Å². The molecule has 1 aromatic heterocycles. The zero-order valence-corrected chi connectivity index (χ0v) is 11.7. The average molecular weight is 261 g/mol. The van der Waals surface area contributed by atoms with Crippen molar-refractivity contribution in [2.45, 2.75) is 25.3 Å². The number of Topliss-reactive ketones (excluding diaryl/α,β-unsaturated/α-hetero) is 1. The monoisotopic (exact) mass is 261 g/mol. The molecular formula is C15H23N3O. The molecule has 3 rings (SSSR count). The van der Waals surface area contributed by atoms with Crippen molar-refractivity contribution in [2.75, 3.05) is 32.7 Å². The molecule has 0 saturated carbocycles. The fourth-order valence-electron chi connectivity index (χ4n) is 3.32. The lowest BCUT2D eigenvalue weighted by molar-refractivity contribution is 0.0940. The van der Waals surface area contributed by atoms with E-state index in [2.05, 4.69) is 9.80 Å². The molecule has 0 bridgehead atoms. The fraction of sp³-hybridized carbons (Fsp3) is 0.667. The summed E-state index contributed by atoms with van der Waals surface area (Å²) in [5.74, 6) is 0.252. The molecule has 0 amide bonds. The van der Waals surface area contributed by atoms with Crippen molar-refractivity contribution in [3.63, 3.8) is 0 Å². The van der Waals surface area contributed by atoms with Crippen LogP contribution in [0.3, 0.4) is 0 Å². The summed E-state index contributed by atoms with van der Waals surface area (Å²) < 4.78 is 1.93. The maximum atomic E-state index is 12.2. The van der Waals surface area contributed by atoms with Crippen molar-refractivity contribution in [2.24, 2.45) is 7.05 Å². The highest BCUT2D eigenvalue weighted by molar-refractivity contribution is 5.97. The van der Waals surface area contributed by atoms with E-state index in [-0.39, 0.29) is 5.78 Å². The van der Waals surface area contributed by atoms with E-state index in [0.717, 1.165) is 18.7 Å². The summed E-state index contributed by atoms with van der Waals surface area (Å²) in [7, 11) is 1.95. The highest BCUT2D eigenvalue weighted by Gasteiger charge is 2.30. The van der Waals surface area contributed by atoms with Crippen LogP contribution in [0.4, 0.5) is 0 Å². The number of carbonyl (C=O) groups is 1. The summed E-state index contributed by atoms with van der Waals surface area (Å²) >= 11 is 0. The van der Waals surface area contributed by atoms with Gasteiger partial charge in [-0.25, -0.2) is 0 Å². The molecule has 2 fully saturated rings. The van der Waals surface area contributed by atoms with E-state index in [1.165, 1.54) is 32.4 Å². The second-order valence-corrected chi connectivity index (χ2v) is 5.91.